The third-order valence-corrected chi connectivity index (χ3v) is 14.6. The Morgan fingerprint density at radius 1 is 0.284 bits per heavy atom. The predicted molar refractivity (Wildman–Crippen MR) is 314 cm³/mol. The van der Waals surface area contributed by atoms with Gasteiger partial charge in [0.1, 0.15) is 11.2 Å². The molecule has 0 spiro atoms. The van der Waals surface area contributed by atoms with Gasteiger partial charge in [0.05, 0.1) is 11.4 Å². The van der Waals surface area contributed by atoms with Crippen LogP contribution in [-0.2, 0) is 0 Å². The average Bonchev–Trinajstić information content (AvgIpc) is 3.80. The fraction of sp³-hybridized carbons (Fsp3) is 0.0423. The topological polar surface area (TPSA) is 19.6 Å². The molecule has 1 heterocycles. The highest BCUT2D eigenvalue weighted by Gasteiger charge is 2.21. The molecule has 3 nitrogen and oxygen atoms in total. The minimum atomic E-state index is 0.457. The average molecular weight is 949 g/mol. The molecule has 0 N–H and O–H groups in total. The van der Waals surface area contributed by atoms with E-state index in [-0.39, 0.29) is 0 Å². The molecule has 13 rings (SSSR count). The van der Waals surface area contributed by atoms with Gasteiger partial charge in [-0.05, 0) is 151 Å². The minimum absolute atomic E-state index is 0.457. The molecular weight excluding hydrogens is 897 g/mol. The summed E-state index contributed by atoms with van der Waals surface area (Å²) in [6, 6.07) is 98.9. The normalized spacial score (nSPS) is 11.5. The highest BCUT2D eigenvalue weighted by atomic mass is 16.3. The van der Waals surface area contributed by atoms with Gasteiger partial charge in [-0.2, -0.15) is 0 Å². The summed E-state index contributed by atoms with van der Waals surface area (Å²) in [6.45, 7) is 4.49. The maximum atomic E-state index is 6.89. The van der Waals surface area contributed by atoms with Gasteiger partial charge >= 0.3 is 0 Å². The number of anilines is 6. The monoisotopic (exact) mass is 948 g/mol. The van der Waals surface area contributed by atoms with Crippen LogP contribution in [0.1, 0.15) is 25.3 Å². The Morgan fingerprint density at radius 3 is 1.14 bits per heavy atom. The van der Waals surface area contributed by atoms with E-state index in [1.54, 1.807) is 0 Å². The van der Waals surface area contributed by atoms with Crippen molar-refractivity contribution in [3.05, 3.63) is 279 Å². The summed E-state index contributed by atoms with van der Waals surface area (Å²) in [5.74, 6) is 0.457. The van der Waals surface area contributed by atoms with E-state index in [1.165, 1.54) is 33.4 Å². The van der Waals surface area contributed by atoms with Crippen molar-refractivity contribution in [2.75, 3.05) is 9.80 Å². The van der Waals surface area contributed by atoms with Crippen molar-refractivity contribution in [1.82, 2.24) is 0 Å². The Balaban J connectivity index is 0.929. The third kappa shape index (κ3) is 8.34. The molecule has 0 radical (unpaired) electrons. The van der Waals surface area contributed by atoms with Crippen LogP contribution < -0.4 is 9.80 Å². The van der Waals surface area contributed by atoms with Crippen molar-refractivity contribution in [3.63, 3.8) is 0 Å². The Labute approximate surface area is 432 Å². The first-order valence-electron chi connectivity index (χ1n) is 25.6. The molecule has 0 fully saturated rings. The first-order valence-corrected chi connectivity index (χ1v) is 25.6. The molecule has 1 aromatic heterocycles. The van der Waals surface area contributed by atoms with E-state index >= 15 is 0 Å². The van der Waals surface area contributed by atoms with Crippen LogP contribution in [0.25, 0.3) is 88.0 Å². The largest absolute Gasteiger partial charge is 0.456 e. The van der Waals surface area contributed by atoms with Gasteiger partial charge in [-0.25, -0.2) is 0 Å². The van der Waals surface area contributed by atoms with E-state index in [1.807, 2.05) is 0 Å². The van der Waals surface area contributed by atoms with E-state index in [9.17, 15) is 0 Å². The molecule has 3 heteroatoms. The summed E-state index contributed by atoms with van der Waals surface area (Å²) in [5.41, 5.74) is 18.9. The molecular formula is C71H52N2O. The summed E-state index contributed by atoms with van der Waals surface area (Å²) >= 11 is 0. The third-order valence-electron chi connectivity index (χ3n) is 14.6. The van der Waals surface area contributed by atoms with E-state index in [2.05, 4.69) is 297 Å². The molecule has 74 heavy (non-hydrogen) atoms. The molecule has 0 aliphatic rings. The second-order valence-corrected chi connectivity index (χ2v) is 19.5. The summed E-state index contributed by atoms with van der Waals surface area (Å²) in [6.07, 6.45) is 0. The molecule has 0 amide bonds. The second kappa shape index (κ2) is 19.0. The van der Waals surface area contributed by atoms with Crippen molar-refractivity contribution >= 4 is 77.6 Å². The molecule has 0 aliphatic carbocycles. The lowest BCUT2D eigenvalue weighted by atomic mass is 9.96. The van der Waals surface area contributed by atoms with Crippen molar-refractivity contribution in [2.24, 2.45) is 0 Å². The quantitative estimate of drug-likeness (QED) is 0.129. The van der Waals surface area contributed by atoms with Crippen LogP contribution in [-0.4, -0.2) is 0 Å². The number of benzene rings is 12. The Hall–Kier alpha value is -9.44. The van der Waals surface area contributed by atoms with Crippen LogP contribution in [0, 0.1) is 0 Å². The van der Waals surface area contributed by atoms with Gasteiger partial charge in [0.25, 0.3) is 0 Å². The van der Waals surface area contributed by atoms with Crippen LogP contribution in [0.3, 0.4) is 0 Å². The highest BCUT2D eigenvalue weighted by molar-refractivity contribution is 6.14. The highest BCUT2D eigenvalue weighted by Crippen LogP contribution is 2.46. The lowest BCUT2D eigenvalue weighted by Gasteiger charge is -2.28. The zero-order chi connectivity index (χ0) is 49.5. The van der Waals surface area contributed by atoms with Gasteiger partial charge in [0.2, 0.25) is 0 Å². The molecule has 0 saturated heterocycles. The van der Waals surface area contributed by atoms with Crippen LogP contribution >= 0.6 is 0 Å². The van der Waals surface area contributed by atoms with Gasteiger partial charge in [0, 0.05) is 44.6 Å². The molecule has 12 aromatic carbocycles. The Bertz CT molecular complexity index is 4160. The van der Waals surface area contributed by atoms with E-state index < -0.39 is 0 Å². The first-order chi connectivity index (χ1) is 36.5. The molecule has 352 valence electrons. The lowest BCUT2D eigenvalue weighted by Crippen LogP contribution is -2.11. The molecule has 13 aromatic rings. The smallest absolute Gasteiger partial charge is 0.136 e. The number of nitrogens with zero attached hydrogens (tertiary/aromatic N) is 2. The molecule has 0 unspecified atom stereocenters. The fourth-order valence-electron chi connectivity index (χ4n) is 10.8. The number of fused-ring (bicyclic) bond motifs is 5. The number of hydrogen-bond donors (Lipinski definition) is 0. The van der Waals surface area contributed by atoms with Crippen molar-refractivity contribution in [2.45, 2.75) is 19.8 Å². The maximum Gasteiger partial charge on any atom is 0.136 e. The van der Waals surface area contributed by atoms with E-state index in [4.69, 9.17) is 4.42 Å². The number of furan rings is 1. The van der Waals surface area contributed by atoms with Crippen molar-refractivity contribution < 1.29 is 4.42 Å². The fourth-order valence-corrected chi connectivity index (χ4v) is 10.8. The van der Waals surface area contributed by atoms with Gasteiger partial charge in [-0.15, -0.1) is 0 Å². The van der Waals surface area contributed by atoms with Gasteiger partial charge < -0.3 is 14.2 Å². The summed E-state index contributed by atoms with van der Waals surface area (Å²) < 4.78 is 6.89. The Morgan fingerprint density at radius 2 is 0.676 bits per heavy atom. The molecule has 0 bridgehead atoms. The standard InChI is InChI=1S/C71H52N2O/c1-48(2)49-32-34-53(35-33-49)65-29-13-15-31-69(65)73(61-27-17-25-55(41-61)51-20-8-4-9-21-51)63-39-37-57-45-67-66-44-56-36-38-62(42-58(56)46-70(66)74-71(67)47-59(57)43-63)72(60-26-16-24-54(40-60)50-18-6-3-7-19-50)68-30-14-12-28-64(68)52-22-10-5-11-23-52/h3-48H,1-2H3. The minimum Gasteiger partial charge on any atom is -0.456 e. The molecule has 0 atom stereocenters. The summed E-state index contributed by atoms with van der Waals surface area (Å²) in [7, 11) is 0. The zero-order valence-electron chi connectivity index (χ0n) is 41.4. The van der Waals surface area contributed by atoms with Crippen LogP contribution in [0.15, 0.2) is 277 Å². The van der Waals surface area contributed by atoms with E-state index in [0.29, 0.717) is 5.92 Å². The SMILES string of the molecule is CC(C)c1ccc(-c2ccccc2N(c2cccc(-c3ccccc3)c2)c2ccc3cc4c(cc3c2)oc2cc3cc(N(c5cccc(-c6ccccc6)c5)c5ccccc5-c5ccccc5)ccc3cc24)cc1. The Kier molecular flexibility index (Phi) is 11.4. The predicted octanol–water partition coefficient (Wildman–Crippen LogP) is 20.6. The van der Waals surface area contributed by atoms with Crippen LogP contribution in [0.4, 0.5) is 34.1 Å². The van der Waals surface area contributed by atoms with Crippen molar-refractivity contribution in [1.29, 1.82) is 0 Å². The number of rotatable bonds is 11. The second-order valence-electron chi connectivity index (χ2n) is 19.5. The van der Waals surface area contributed by atoms with Gasteiger partial charge in [-0.3, -0.25) is 0 Å². The van der Waals surface area contributed by atoms with Crippen molar-refractivity contribution in [3.8, 4) is 44.5 Å². The summed E-state index contributed by atoms with van der Waals surface area (Å²) in [4.78, 5) is 4.80. The van der Waals surface area contributed by atoms with Crippen LogP contribution in [0.2, 0.25) is 0 Å². The van der Waals surface area contributed by atoms with Gasteiger partial charge in [0.15, 0.2) is 0 Å². The van der Waals surface area contributed by atoms with Crippen LogP contribution in [0.5, 0.6) is 0 Å². The number of hydrogen-bond acceptors (Lipinski definition) is 3. The number of para-hydroxylation sites is 2. The van der Waals surface area contributed by atoms with Gasteiger partial charge in [-0.1, -0.05) is 202 Å². The van der Waals surface area contributed by atoms with E-state index in [0.717, 1.165) is 94.3 Å². The maximum absolute atomic E-state index is 6.89. The molecule has 0 saturated carbocycles. The molecule has 0 aliphatic heterocycles. The first kappa shape index (κ1) is 44.5. The summed E-state index contributed by atoms with van der Waals surface area (Å²) in [5, 5.41) is 6.72. The lowest BCUT2D eigenvalue weighted by molar-refractivity contribution is 0.670. The zero-order valence-corrected chi connectivity index (χ0v) is 41.4.